The maximum Gasteiger partial charge on any atom is 0.161 e. The fourth-order valence-electron chi connectivity index (χ4n) is 3.09. The van der Waals surface area contributed by atoms with Crippen molar-refractivity contribution in [2.75, 3.05) is 53.6 Å². The van der Waals surface area contributed by atoms with Gasteiger partial charge in [0.25, 0.3) is 0 Å². The number of benzene rings is 2. The molecule has 0 N–H and O–H groups in total. The Morgan fingerprint density at radius 2 is 1.63 bits per heavy atom. The molecule has 1 heterocycles. The monoisotopic (exact) mass is 368 g/mol. The second kappa shape index (κ2) is 9.88. The standard InChI is InChI=1S/C22H28N2O3/c1-25-21-9-8-19(18-22(21)26-2)10-11-23-12-14-24(15-13-23)16-17-27-20-6-4-3-5-7-20/h3-11,18H,12-17H2,1-2H3. The van der Waals surface area contributed by atoms with E-state index in [1.165, 1.54) is 0 Å². The van der Waals surface area contributed by atoms with Gasteiger partial charge in [0.1, 0.15) is 12.4 Å². The Hall–Kier alpha value is -2.66. The van der Waals surface area contributed by atoms with E-state index in [1.807, 2.05) is 48.5 Å². The highest BCUT2D eigenvalue weighted by Crippen LogP contribution is 2.28. The van der Waals surface area contributed by atoms with Crippen LogP contribution in [0.3, 0.4) is 0 Å². The third kappa shape index (κ3) is 5.66. The van der Waals surface area contributed by atoms with Gasteiger partial charge in [0.05, 0.1) is 14.2 Å². The van der Waals surface area contributed by atoms with Crippen LogP contribution < -0.4 is 14.2 Å². The van der Waals surface area contributed by atoms with Crippen molar-refractivity contribution in [3.05, 3.63) is 60.3 Å². The number of ether oxygens (including phenoxy) is 3. The van der Waals surface area contributed by atoms with Crippen LogP contribution in [-0.2, 0) is 0 Å². The summed E-state index contributed by atoms with van der Waals surface area (Å²) in [7, 11) is 3.31. The van der Waals surface area contributed by atoms with E-state index < -0.39 is 0 Å². The van der Waals surface area contributed by atoms with Gasteiger partial charge in [-0.25, -0.2) is 0 Å². The van der Waals surface area contributed by atoms with Crippen LogP contribution in [-0.4, -0.2) is 63.4 Å². The molecule has 0 spiro atoms. The molecular formula is C22H28N2O3. The van der Waals surface area contributed by atoms with Gasteiger partial charge >= 0.3 is 0 Å². The molecule has 2 aromatic rings. The average Bonchev–Trinajstić information content (AvgIpc) is 2.73. The van der Waals surface area contributed by atoms with Crippen LogP contribution in [0.1, 0.15) is 5.56 Å². The molecule has 0 radical (unpaired) electrons. The summed E-state index contributed by atoms with van der Waals surface area (Å²) in [6.45, 7) is 5.83. The molecule has 0 atom stereocenters. The molecule has 0 amide bonds. The molecule has 144 valence electrons. The van der Waals surface area contributed by atoms with Gasteiger partial charge in [0, 0.05) is 32.7 Å². The number of hydrogen-bond acceptors (Lipinski definition) is 5. The molecular weight excluding hydrogens is 340 g/mol. The zero-order valence-corrected chi connectivity index (χ0v) is 16.1. The molecule has 3 rings (SSSR count). The fourth-order valence-corrected chi connectivity index (χ4v) is 3.09. The van der Waals surface area contributed by atoms with Crippen molar-refractivity contribution < 1.29 is 14.2 Å². The van der Waals surface area contributed by atoms with Gasteiger partial charge in [0.15, 0.2) is 11.5 Å². The van der Waals surface area contributed by atoms with Crippen molar-refractivity contribution in [2.45, 2.75) is 0 Å². The van der Waals surface area contributed by atoms with Gasteiger partial charge in [-0.15, -0.1) is 0 Å². The molecule has 0 bridgehead atoms. The van der Waals surface area contributed by atoms with E-state index in [0.717, 1.165) is 62.1 Å². The molecule has 0 aromatic heterocycles. The third-order valence-electron chi connectivity index (χ3n) is 4.71. The molecule has 0 saturated carbocycles. The second-order valence-corrected chi connectivity index (χ2v) is 6.47. The minimum Gasteiger partial charge on any atom is -0.493 e. The predicted molar refractivity (Wildman–Crippen MR) is 109 cm³/mol. The van der Waals surface area contributed by atoms with Crippen LogP contribution in [0, 0.1) is 0 Å². The van der Waals surface area contributed by atoms with Crippen LogP contribution >= 0.6 is 0 Å². The Morgan fingerprint density at radius 3 is 2.33 bits per heavy atom. The maximum absolute atomic E-state index is 5.79. The maximum atomic E-state index is 5.79. The topological polar surface area (TPSA) is 34.2 Å². The van der Waals surface area contributed by atoms with Gasteiger partial charge < -0.3 is 19.1 Å². The van der Waals surface area contributed by atoms with Gasteiger partial charge in [-0.05, 0) is 42.1 Å². The van der Waals surface area contributed by atoms with Gasteiger partial charge in [-0.1, -0.05) is 24.3 Å². The first-order valence-corrected chi connectivity index (χ1v) is 9.33. The van der Waals surface area contributed by atoms with Crippen molar-refractivity contribution in [1.82, 2.24) is 9.80 Å². The van der Waals surface area contributed by atoms with Crippen molar-refractivity contribution in [3.63, 3.8) is 0 Å². The first-order valence-electron chi connectivity index (χ1n) is 9.33. The number of piperazine rings is 1. The van der Waals surface area contributed by atoms with Crippen LogP contribution in [0.5, 0.6) is 17.2 Å². The Labute approximate surface area is 161 Å². The molecule has 0 aliphatic carbocycles. The molecule has 0 unspecified atom stereocenters. The van der Waals surface area contributed by atoms with E-state index in [0.29, 0.717) is 0 Å². The van der Waals surface area contributed by atoms with E-state index in [1.54, 1.807) is 14.2 Å². The number of methoxy groups -OCH3 is 2. The lowest BCUT2D eigenvalue weighted by atomic mass is 10.2. The highest BCUT2D eigenvalue weighted by atomic mass is 16.5. The minimum absolute atomic E-state index is 0.728. The van der Waals surface area contributed by atoms with E-state index in [2.05, 4.69) is 22.1 Å². The largest absolute Gasteiger partial charge is 0.493 e. The minimum atomic E-state index is 0.728. The number of nitrogens with zero attached hydrogens (tertiary/aromatic N) is 2. The van der Waals surface area contributed by atoms with E-state index in [-0.39, 0.29) is 0 Å². The molecule has 1 aliphatic rings. The summed E-state index contributed by atoms with van der Waals surface area (Å²) < 4.78 is 16.4. The molecule has 2 aromatic carbocycles. The van der Waals surface area contributed by atoms with Gasteiger partial charge in [-0.2, -0.15) is 0 Å². The predicted octanol–water partition coefficient (Wildman–Crippen LogP) is 3.37. The number of para-hydroxylation sites is 1. The lowest BCUT2D eigenvalue weighted by Gasteiger charge is -2.33. The summed E-state index contributed by atoms with van der Waals surface area (Å²) >= 11 is 0. The molecule has 5 nitrogen and oxygen atoms in total. The Balaban J connectivity index is 1.42. The molecule has 1 saturated heterocycles. The van der Waals surface area contributed by atoms with E-state index >= 15 is 0 Å². The molecule has 1 aliphatic heterocycles. The van der Waals surface area contributed by atoms with Crippen molar-refractivity contribution in [2.24, 2.45) is 0 Å². The Bertz CT molecular complexity index is 726. The highest BCUT2D eigenvalue weighted by molar-refractivity contribution is 5.55. The molecule has 1 fully saturated rings. The van der Waals surface area contributed by atoms with Gasteiger partial charge in [-0.3, -0.25) is 4.90 Å². The van der Waals surface area contributed by atoms with Gasteiger partial charge in [0.2, 0.25) is 0 Å². The second-order valence-electron chi connectivity index (χ2n) is 6.47. The lowest BCUT2D eigenvalue weighted by Crippen LogP contribution is -2.45. The van der Waals surface area contributed by atoms with Crippen LogP contribution in [0.25, 0.3) is 6.08 Å². The van der Waals surface area contributed by atoms with Crippen LogP contribution in [0.15, 0.2) is 54.7 Å². The van der Waals surface area contributed by atoms with Crippen molar-refractivity contribution in [3.8, 4) is 17.2 Å². The number of rotatable bonds is 8. The van der Waals surface area contributed by atoms with Crippen LogP contribution in [0.4, 0.5) is 0 Å². The molecule has 27 heavy (non-hydrogen) atoms. The van der Waals surface area contributed by atoms with Crippen LogP contribution in [0.2, 0.25) is 0 Å². The summed E-state index contributed by atoms with van der Waals surface area (Å²) in [4.78, 5) is 4.80. The normalized spacial score (nSPS) is 15.1. The molecule has 5 heteroatoms. The summed E-state index contributed by atoms with van der Waals surface area (Å²) in [6.07, 6.45) is 4.29. The van der Waals surface area contributed by atoms with Crippen molar-refractivity contribution >= 4 is 6.08 Å². The number of hydrogen-bond donors (Lipinski definition) is 0. The zero-order chi connectivity index (χ0) is 18.9. The Morgan fingerprint density at radius 1 is 0.889 bits per heavy atom. The third-order valence-corrected chi connectivity index (χ3v) is 4.71. The average molecular weight is 368 g/mol. The fraction of sp³-hybridized carbons (Fsp3) is 0.364. The lowest BCUT2D eigenvalue weighted by molar-refractivity contribution is 0.145. The SMILES string of the molecule is COc1ccc(C=CN2CCN(CCOc3ccccc3)CC2)cc1OC. The quantitative estimate of drug-likeness (QED) is 0.714. The van der Waals surface area contributed by atoms with Crippen molar-refractivity contribution in [1.29, 1.82) is 0 Å². The van der Waals surface area contributed by atoms with E-state index in [9.17, 15) is 0 Å². The Kier molecular flexibility index (Phi) is 6.99. The summed E-state index contributed by atoms with van der Waals surface area (Å²) in [5, 5.41) is 0. The first-order chi connectivity index (χ1) is 13.3. The smallest absolute Gasteiger partial charge is 0.161 e. The summed E-state index contributed by atoms with van der Waals surface area (Å²) in [6, 6.07) is 16.0. The summed E-state index contributed by atoms with van der Waals surface area (Å²) in [5.74, 6) is 2.44. The zero-order valence-electron chi connectivity index (χ0n) is 16.1. The van der Waals surface area contributed by atoms with E-state index in [4.69, 9.17) is 14.2 Å². The first kappa shape index (κ1) is 19.1. The highest BCUT2D eigenvalue weighted by Gasteiger charge is 2.14. The summed E-state index contributed by atoms with van der Waals surface area (Å²) in [5.41, 5.74) is 1.10.